The van der Waals surface area contributed by atoms with Gasteiger partial charge in [-0.25, -0.2) is 15.0 Å². The Kier molecular flexibility index (Phi) is 8.13. The monoisotopic (exact) mass is 713 g/mol. The maximum atomic E-state index is 9.24. The largest absolute Gasteiger partial charge is 0.256 e. The molecule has 0 aliphatic rings. The van der Waals surface area contributed by atoms with Crippen molar-refractivity contribution in [3.63, 3.8) is 0 Å². The first-order valence-electron chi connectivity index (χ1n) is 18.5. The third-order valence-electron chi connectivity index (χ3n) is 10.4. The summed E-state index contributed by atoms with van der Waals surface area (Å²) in [7, 11) is 0. The first kappa shape index (κ1) is 32.8. The van der Waals surface area contributed by atoms with Gasteiger partial charge in [0, 0.05) is 33.8 Å². The molecule has 0 saturated carbocycles. The molecule has 0 radical (unpaired) electrons. The van der Waals surface area contributed by atoms with Gasteiger partial charge in [0.05, 0.1) is 17.1 Å². The lowest BCUT2D eigenvalue weighted by molar-refractivity contribution is 1.07. The highest BCUT2D eigenvalue weighted by Gasteiger charge is 2.17. The molecule has 10 aromatic rings. The normalized spacial score (nSPS) is 11.2. The highest BCUT2D eigenvalue weighted by atomic mass is 15.0. The predicted octanol–water partition coefficient (Wildman–Crippen LogP) is 12.6. The highest BCUT2D eigenvalue weighted by molar-refractivity contribution is 6.23. The van der Waals surface area contributed by atoms with Crippen LogP contribution in [0.5, 0.6) is 0 Å². The van der Waals surface area contributed by atoms with Gasteiger partial charge in [0.1, 0.15) is 0 Å². The van der Waals surface area contributed by atoms with Gasteiger partial charge in [-0.15, -0.1) is 0 Å². The molecule has 0 fully saturated rings. The van der Waals surface area contributed by atoms with E-state index in [2.05, 4.69) is 97.1 Å². The molecular formula is C51H31N5. The van der Waals surface area contributed by atoms with Crippen molar-refractivity contribution in [2.75, 3.05) is 0 Å². The van der Waals surface area contributed by atoms with Gasteiger partial charge in [-0.2, -0.15) is 5.26 Å². The van der Waals surface area contributed by atoms with Gasteiger partial charge in [0.15, 0.2) is 17.5 Å². The molecule has 0 N–H and O–H groups in total. The van der Waals surface area contributed by atoms with Gasteiger partial charge in [-0.3, -0.25) is 4.98 Å². The third-order valence-corrected chi connectivity index (χ3v) is 10.4. The van der Waals surface area contributed by atoms with Crippen LogP contribution in [0.15, 0.2) is 188 Å². The SMILES string of the molecule is N#Cc1ccc(-c2ccc(-c3cc4c5ccccc5c(-c5cccc(-c6nc(-c7ccccc7)nc(-c7ccccc7)n6)c5)cc4c4cccnc34)cc2)cc1. The van der Waals surface area contributed by atoms with Crippen LogP contribution in [0.3, 0.4) is 0 Å². The van der Waals surface area contributed by atoms with E-state index in [1.54, 1.807) is 0 Å². The fraction of sp³-hybridized carbons (Fsp3) is 0. The lowest BCUT2D eigenvalue weighted by atomic mass is 9.88. The second-order valence-corrected chi connectivity index (χ2v) is 13.8. The van der Waals surface area contributed by atoms with E-state index in [1.807, 2.05) is 97.2 Å². The van der Waals surface area contributed by atoms with Crippen molar-refractivity contribution in [1.29, 1.82) is 5.26 Å². The van der Waals surface area contributed by atoms with Crippen molar-refractivity contribution in [2.45, 2.75) is 0 Å². The van der Waals surface area contributed by atoms with Gasteiger partial charge in [-0.05, 0) is 85.8 Å². The number of aromatic nitrogens is 4. The summed E-state index contributed by atoms with van der Waals surface area (Å²) in [5, 5.41) is 15.0. The van der Waals surface area contributed by atoms with Crippen LogP contribution in [-0.2, 0) is 0 Å². The maximum absolute atomic E-state index is 9.24. The molecule has 0 atom stereocenters. The Labute approximate surface area is 323 Å². The molecule has 0 bridgehead atoms. The molecule has 2 heterocycles. The summed E-state index contributed by atoms with van der Waals surface area (Å²) in [4.78, 5) is 19.9. The molecule has 260 valence electrons. The third kappa shape index (κ3) is 5.92. The van der Waals surface area contributed by atoms with E-state index >= 15 is 0 Å². The molecule has 0 aliphatic heterocycles. The van der Waals surface area contributed by atoms with Crippen LogP contribution in [0.25, 0.3) is 100.0 Å². The Morgan fingerprint density at radius 1 is 0.339 bits per heavy atom. The second kappa shape index (κ2) is 13.9. The van der Waals surface area contributed by atoms with Gasteiger partial charge in [-0.1, -0.05) is 146 Å². The van der Waals surface area contributed by atoms with Crippen LogP contribution in [0.2, 0.25) is 0 Å². The molecule has 5 nitrogen and oxygen atoms in total. The molecule has 0 spiro atoms. The van der Waals surface area contributed by atoms with Crippen LogP contribution >= 0.6 is 0 Å². The number of hydrogen-bond acceptors (Lipinski definition) is 5. The average molecular weight is 714 g/mol. The molecule has 10 rings (SSSR count). The van der Waals surface area contributed by atoms with E-state index < -0.39 is 0 Å². The molecule has 8 aromatic carbocycles. The first-order chi connectivity index (χ1) is 27.7. The standard InChI is InChI=1S/C51H31N5/c52-32-33-20-22-34(23-21-33)35-24-26-36(27-25-35)45-31-46-42-18-8-7-17-41(42)44(30-47(46)43-19-10-28-53-48(43)45)39-15-9-16-40(29-39)51-55-49(37-11-3-1-4-12-37)54-50(56-51)38-13-5-2-6-14-38/h1-31H. The fourth-order valence-corrected chi connectivity index (χ4v) is 7.63. The zero-order chi connectivity index (χ0) is 37.4. The summed E-state index contributed by atoms with van der Waals surface area (Å²) in [6.45, 7) is 0. The minimum absolute atomic E-state index is 0.620. The van der Waals surface area contributed by atoms with Gasteiger partial charge >= 0.3 is 0 Å². The molecule has 0 amide bonds. The summed E-state index contributed by atoms with van der Waals surface area (Å²) in [6, 6.07) is 64.6. The van der Waals surface area contributed by atoms with Crippen molar-refractivity contribution in [3.8, 4) is 73.6 Å². The lowest BCUT2D eigenvalue weighted by Crippen LogP contribution is -2.00. The van der Waals surface area contributed by atoms with Crippen molar-refractivity contribution in [3.05, 3.63) is 194 Å². The molecular weight excluding hydrogens is 683 g/mol. The Morgan fingerprint density at radius 3 is 1.50 bits per heavy atom. The molecule has 0 aliphatic carbocycles. The van der Waals surface area contributed by atoms with E-state index in [4.69, 9.17) is 19.9 Å². The summed E-state index contributed by atoms with van der Waals surface area (Å²) < 4.78 is 0. The van der Waals surface area contributed by atoms with Crippen molar-refractivity contribution >= 4 is 32.4 Å². The van der Waals surface area contributed by atoms with E-state index in [-0.39, 0.29) is 0 Å². The smallest absolute Gasteiger partial charge is 0.164 e. The maximum Gasteiger partial charge on any atom is 0.164 e. The van der Waals surface area contributed by atoms with E-state index in [1.165, 1.54) is 10.8 Å². The number of pyridine rings is 1. The molecule has 0 saturated heterocycles. The Morgan fingerprint density at radius 2 is 0.839 bits per heavy atom. The number of rotatable bonds is 6. The first-order valence-corrected chi connectivity index (χ1v) is 18.5. The van der Waals surface area contributed by atoms with Gasteiger partial charge in [0.2, 0.25) is 0 Å². The number of nitrogens with zero attached hydrogens (tertiary/aromatic N) is 5. The number of nitriles is 1. The van der Waals surface area contributed by atoms with E-state index in [0.717, 1.165) is 71.7 Å². The molecule has 2 aromatic heterocycles. The Bertz CT molecular complexity index is 3060. The Hall–Kier alpha value is -7.81. The average Bonchev–Trinajstić information content (AvgIpc) is 3.29. The minimum atomic E-state index is 0.620. The Balaban J connectivity index is 1.12. The predicted molar refractivity (Wildman–Crippen MR) is 227 cm³/mol. The van der Waals surface area contributed by atoms with Crippen LogP contribution < -0.4 is 0 Å². The topological polar surface area (TPSA) is 75.3 Å². The number of fused-ring (bicyclic) bond motifs is 5. The lowest BCUT2D eigenvalue weighted by Gasteiger charge is -2.16. The van der Waals surface area contributed by atoms with Crippen LogP contribution in [0.4, 0.5) is 0 Å². The van der Waals surface area contributed by atoms with E-state index in [0.29, 0.717) is 23.0 Å². The quantitative estimate of drug-likeness (QED) is 0.160. The zero-order valence-electron chi connectivity index (χ0n) is 30.1. The van der Waals surface area contributed by atoms with Crippen LogP contribution in [0.1, 0.15) is 5.56 Å². The fourth-order valence-electron chi connectivity index (χ4n) is 7.63. The van der Waals surface area contributed by atoms with E-state index in [9.17, 15) is 5.26 Å². The number of hydrogen-bond donors (Lipinski definition) is 0. The zero-order valence-corrected chi connectivity index (χ0v) is 30.1. The second-order valence-electron chi connectivity index (χ2n) is 13.8. The highest BCUT2D eigenvalue weighted by Crippen LogP contribution is 2.42. The summed E-state index contributed by atoms with van der Waals surface area (Å²) >= 11 is 0. The minimum Gasteiger partial charge on any atom is -0.256 e. The molecule has 5 heteroatoms. The van der Waals surface area contributed by atoms with Gasteiger partial charge in [0.25, 0.3) is 0 Å². The van der Waals surface area contributed by atoms with Gasteiger partial charge < -0.3 is 0 Å². The number of benzene rings is 8. The summed E-state index contributed by atoms with van der Waals surface area (Å²) in [6.07, 6.45) is 1.87. The van der Waals surface area contributed by atoms with Crippen molar-refractivity contribution < 1.29 is 0 Å². The van der Waals surface area contributed by atoms with Crippen molar-refractivity contribution in [1.82, 2.24) is 19.9 Å². The van der Waals surface area contributed by atoms with Crippen LogP contribution in [0, 0.1) is 11.3 Å². The van der Waals surface area contributed by atoms with Crippen LogP contribution in [-0.4, -0.2) is 19.9 Å². The summed E-state index contributed by atoms with van der Waals surface area (Å²) in [5.74, 6) is 1.89. The molecule has 56 heavy (non-hydrogen) atoms. The molecule has 0 unspecified atom stereocenters. The van der Waals surface area contributed by atoms with Crippen molar-refractivity contribution in [2.24, 2.45) is 0 Å². The summed E-state index contributed by atoms with van der Waals surface area (Å²) in [5.41, 5.74) is 10.9.